The zero-order valence-corrected chi connectivity index (χ0v) is 14.7. The van der Waals surface area contributed by atoms with Gasteiger partial charge in [0.25, 0.3) is 5.70 Å². The van der Waals surface area contributed by atoms with E-state index in [0.29, 0.717) is 6.54 Å². The van der Waals surface area contributed by atoms with Crippen LogP contribution in [0.25, 0.3) is 0 Å². The number of carbonyl (C=O) groups is 1. The summed E-state index contributed by atoms with van der Waals surface area (Å²) in [6, 6.07) is 7.97. The normalized spacial score (nSPS) is 21.3. The summed E-state index contributed by atoms with van der Waals surface area (Å²) in [5.74, 6) is -0.269. The first kappa shape index (κ1) is 17.8. The number of benzene rings is 1. The molecule has 26 heavy (non-hydrogen) atoms. The first-order valence-corrected chi connectivity index (χ1v) is 8.35. The van der Waals surface area contributed by atoms with Crippen molar-refractivity contribution >= 4 is 11.5 Å². The number of hydrogen-bond donors (Lipinski definition) is 1. The molecular weight excluding hydrogens is 332 g/mol. The Morgan fingerprint density at radius 1 is 1.23 bits per heavy atom. The van der Waals surface area contributed by atoms with Gasteiger partial charge in [-0.05, 0) is 29.9 Å². The lowest BCUT2D eigenvalue weighted by Gasteiger charge is -2.26. The summed E-state index contributed by atoms with van der Waals surface area (Å²) in [5.41, 5.74) is 2.92. The molecule has 1 aliphatic heterocycles. The van der Waals surface area contributed by atoms with Crippen molar-refractivity contribution in [3.05, 3.63) is 87.3 Å². The lowest BCUT2D eigenvalue weighted by Crippen LogP contribution is -2.28. The molecule has 0 fully saturated rings. The second kappa shape index (κ2) is 6.72. The van der Waals surface area contributed by atoms with Crippen LogP contribution < -0.4 is 4.90 Å². The number of para-hydroxylation sites is 1. The highest BCUT2D eigenvalue weighted by molar-refractivity contribution is 6.07. The third-order valence-corrected chi connectivity index (χ3v) is 4.75. The Morgan fingerprint density at radius 2 is 1.96 bits per heavy atom. The third kappa shape index (κ3) is 2.99. The minimum absolute atomic E-state index is 0.00856. The van der Waals surface area contributed by atoms with Gasteiger partial charge in [0.2, 0.25) is 0 Å². The van der Waals surface area contributed by atoms with Gasteiger partial charge < -0.3 is 10.0 Å². The van der Waals surface area contributed by atoms with Crippen molar-refractivity contribution < 1.29 is 14.8 Å². The molecule has 6 heteroatoms. The van der Waals surface area contributed by atoms with Crippen LogP contribution >= 0.6 is 0 Å². The van der Waals surface area contributed by atoms with Crippen LogP contribution in [-0.4, -0.2) is 29.0 Å². The van der Waals surface area contributed by atoms with E-state index >= 15 is 0 Å². The molecular formula is C20H20N2O4. The van der Waals surface area contributed by atoms with Crippen LogP contribution in [0.15, 0.2) is 71.6 Å². The molecule has 0 saturated heterocycles. The minimum atomic E-state index is -0.517. The maximum Gasteiger partial charge on any atom is 0.270 e. The molecule has 0 unspecified atom stereocenters. The van der Waals surface area contributed by atoms with Gasteiger partial charge in [0.05, 0.1) is 11.5 Å². The van der Waals surface area contributed by atoms with E-state index in [2.05, 4.69) is 13.8 Å². The van der Waals surface area contributed by atoms with Crippen LogP contribution in [0.2, 0.25) is 0 Å². The molecule has 1 aromatic rings. The van der Waals surface area contributed by atoms with E-state index in [0.717, 1.165) is 16.9 Å². The Morgan fingerprint density at radius 3 is 2.65 bits per heavy atom. The van der Waals surface area contributed by atoms with E-state index in [-0.39, 0.29) is 29.1 Å². The second-order valence-corrected chi connectivity index (χ2v) is 6.72. The van der Waals surface area contributed by atoms with E-state index in [4.69, 9.17) is 0 Å². The summed E-state index contributed by atoms with van der Waals surface area (Å²) in [4.78, 5) is 24.5. The lowest BCUT2D eigenvalue weighted by molar-refractivity contribution is -0.419. The highest BCUT2D eigenvalue weighted by atomic mass is 16.6. The van der Waals surface area contributed by atoms with Gasteiger partial charge in [-0.3, -0.25) is 14.9 Å². The topological polar surface area (TPSA) is 83.7 Å². The Labute approximate surface area is 151 Å². The van der Waals surface area contributed by atoms with Crippen molar-refractivity contribution in [3.8, 4) is 0 Å². The van der Waals surface area contributed by atoms with Crippen LogP contribution in [0, 0.1) is 10.1 Å². The van der Waals surface area contributed by atoms with Gasteiger partial charge in [0.15, 0.2) is 5.78 Å². The first-order valence-electron chi connectivity index (χ1n) is 8.35. The smallest absolute Gasteiger partial charge is 0.270 e. The van der Waals surface area contributed by atoms with E-state index in [1.807, 2.05) is 35.2 Å². The van der Waals surface area contributed by atoms with E-state index in [1.165, 1.54) is 18.2 Å². The predicted molar refractivity (Wildman–Crippen MR) is 99.3 cm³/mol. The number of β-amino-alcohol motifs (C(OH)–C–C–N with tert-alkyl or cyclic N) is 1. The molecule has 0 amide bonds. The second-order valence-electron chi connectivity index (χ2n) is 6.72. The van der Waals surface area contributed by atoms with Gasteiger partial charge in [-0.2, -0.15) is 0 Å². The number of carbonyl (C=O) groups excluding carboxylic acids is 1. The SMILES string of the molecule is CC1(C)/C(=C\C=C2\C=C([N+](=O)[O-])C=CC2=O)N(CCO)c2ccccc21. The Balaban J connectivity index is 2.06. The fourth-order valence-corrected chi connectivity index (χ4v) is 3.43. The molecule has 2 aliphatic rings. The summed E-state index contributed by atoms with van der Waals surface area (Å²) in [6.07, 6.45) is 7.13. The number of rotatable bonds is 4. The van der Waals surface area contributed by atoms with Crippen molar-refractivity contribution in [2.24, 2.45) is 0 Å². The largest absolute Gasteiger partial charge is 0.395 e. The van der Waals surface area contributed by atoms with Gasteiger partial charge in [0, 0.05) is 41.1 Å². The Hall–Kier alpha value is -2.99. The Kier molecular flexibility index (Phi) is 4.61. The predicted octanol–water partition coefficient (Wildman–Crippen LogP) is 2.89. The zero-order chi connectivity index (χ0) is 18.9. The van der Waals surface area contributed by atoms with E-state index in [9.17, 15) is 20.0 Å². The first-order chi connectivity index (χ1) is 12.4. The van der Waals surface area contributed by atoms with E-state index < -0.39 is 4.92 Å². The fraction of sp³-hybridized carbons (Fsp3) is 0.250. The molecule has 6 nitrogen and oxygen atoms in total. The van der Waals surface area contributed by atoms with Crippen LogP contribution in [0.5, 0.6) is 0 Å². The number of aliphatic hydroxyl groups excluding tert-OH is 1. The highest BCUT2D eigenvalue weighted by Crippen LogP contribution is 2.47. The molecule has 1 aliphatic carbocycles. The quantitative estimate of drug-likeness (QED) is 0.512. The molecule has 0 saturated carbocycles. The van der Waals surface area contributed by atoms with Crippen molar-refractivity contribution in [1.29, 1.82) is 0 Å². The van der Waals surface area contributed by atoms with Crippen molar-refractivity contribution in [2.45, 2.75) is 19.3 Å². The highest BCUT2D eigenvalue weighted by Gasteiger charge is 2.39. The molecule has 0 atom stereocenters. The molecule has 0 spiro atoms. The summed E-state index contributed by atoms with van der Waals surface area (Å²) >= 11 is 0. The standard InChI is InChI=1S/C20H20N2O4/c1-20(2)16-5-3-4-6-17(16)21(11-12-23)19(20)10-7-14-13-15(22(25)26)8-9-18(14)24/h3-10,13,23H,11-12H2,1-2H3/b14-7-,19-10+. The summed E-state index contributed by atoms with van der Waals surface area (Å²) in [7, 11) is 0. The van der Waals surface area contributed by atoms with Crippen LogP contribution in [0.4, 0.5) is 5.69 Å². The minimum Gasteiger partial charge on any atom is -0.395 e. The van der Waals surface area contributed by atoms with Crippen molar-refractivity contribution in [1.82, 2.24) is 0 Å². The number of hydrogen-bond acceptors (Lipinski definition) is 5. The molecule has 1 heterocycles. The number of anilines is 1. The Bertz CT molecular complexity index is 891. The lowest BCUT2D eigenvalue weighted by atomic mass is 9.83. The van der Waals surface area contributed by atoms with Gasteiger partial charge in [-0.25, -0.2) is 0 Å². The van der Waals surface area contributed by atoms with Crippen molar-refractivity contribution in [2.75, 3.05) is 18.1 Å². The summed E-state index contributed by atoms with van der Waals surface area (Å²) < 4.78 is 0. The number of allylic oxidation sites excluding steroid dienone is 7. The van der Waals surface area contributed by atoms with Gasteiger partial charge in [-0.1, -0.05) is 32.0 Å². The van der Waals surface area contributed by atoms with Crippen LogP contribution in [0.1, 0.15) is 19.4 Å². The molecule has 134 valence electrons. The maximum absolute atomic E-state index is 12.0. The summed E-state index contributed by atoms with van der Waals surface area (Å²) in [5, 5.41) is 20.4. The van der Waals surface area contributed by atoms with Crippen LogP contribution in [-0.2, 0) is 10.2 Å². The third-order valence-electron chi connectivity index (χ3n) is 4.75. The van der Waals surface area contributed by atoms with Gasteiger partial charge in [0.1, 0.15) is 0 Å². The summed E-state index contributed by atoms with van der Waals surface area (Å²) in [6.45, 7) is 4.58. The van der Waals surface area contributed by atoms with Crippen LogP contribution in [0.3, 0.4) is 0 Å². The number of ketones is 1. The molecule has 3 rings (SSSR count). The monoisotopic (exact) mass is 352 g/mol. The molecule has 1 N–H and O–H groups in total. The van der Waals surface area contributed by atoms with Gasteiger partial charge >= 0.3 is 0 Å². The average Bonchev–Trinajstić information content (AvgIpc) is 2.82. The maximum atomic E-state index is 12.0. The zero-order valence-electron chi connectivity index (χ0n) is 14.7. The molecule has 0 bridgehead atoms. The van der Waals surface area contributed by atoms with Crippen molar-refractivity contribution in [3.63, 3.8) is 0 Å². The average molecular weight is 352 g/mol. The van der Waals surface area contributed by atoms with Gasteiger partial charge in [-0.15, -0.1) is 0 Å². The molecule has 1 aromatic carbocycles. The fourth-order valence-electron chi connectivity index (χ4n) is 3.43. The van der Waals surface area contributed by atoms with E-state index in [1.54, 1.807) is 6.08 Å². The number of fused-ring (bicyclic) bond motifs is 1. The number of nitrogens with zero attached hydrogens (tertiary/aromatic N) is 2. The molecule has 0 aromatic heterocycles. The number of aliphatic hydroxyl groups is 1. The molecule has 0 radical (unpaired) electrons. The number of nitro groups is 1.